The lowest BCUT2D eigenvalue weighted by molar-refractivity contribution is 0.765. The lowest BCUT2D eigenvalue weighted by atomic mass is 10.1. The molecule has 0 spiro atoms. The van der Waals surface area contributed by atoms with Gasteiger partial charge in [-0.15, -0.1) is 0 Å². The monoisotopic (exact) mass is 371 g/mol. The van der Waals surface area contributed by atoms with Crippen LogP contribution in [0.4, 0.5) is 5.69 Å². The third kappa shape index (κ3) is 2.95. The SMILES string of the molecule is Cc1cc(Br)c(NC(C)c2cnn(C)c2)c(Br)c1. The van der Waals surface area contributed by atoms with E-state index in [0.29, 0.717) is 0 Å². The first-order valence-corrected chi connectivity index (χ1v) is 7.26. The minimum absolute atomic E-state index is 0.203. The normalized spacial score (nSPS) is 12.5. The van der Waals surface area contributed by atoms with Gasteiger partial charge in [0.25, 0.3) is 0 Å². The standard InChI is InChI=1S/C13H15Br2N3/c1-8-4-11(14)13(12(15)5-8)17-9(2)10-6-16-18(3)7-10/h4-7,9,17H,1-3H3. The molecule has 3 nitrogen and oxygen atoms in total. The molecule has 0 aliphatic rings. The van der Waals surface area contributed by atoms with Gasteiger partial charge in [-0.1, -0.05) is 0 Å². The Balaban J connectivity index is 2.24. The molecule has 2 aromatic rings. The number of aromatic nitrogens is 2. The van der Waals surface area contributed by atoms with Gasteiger partial charge in [-0.05, 0) is 63.4 Å². The number of benzene rings is 1. The van der Waals surface area contributed by atoms with E-state index in [1.165, 1.54) is 5.56 Å². The summed E-state index contributed by atoms with van der Waals surface area (Å²) in [4.78, 5) is 0. The quantitative estimate of drug-likeness (QED) is 0.863. The van der Waals surface area contributed by atoms with Crippen LogP contribution in [0.5, 0.6) is 0 Å². The number of nitrogens with one attached hydrogen (secondary N) is 1. The Kier molecular flexibility index (Phi) is 4.12. The van der Waals surface area contributed by atoms with Crippen LogP contribution in [0.15, 0.2) is 33.5 Å². The van der Waals surface area contributed by atoms with Crippen LogP contribution in [0.1, 0.15) is 24.1 Å². The van der Waals surface area contributed by atoms with Gasteiger partial charge >= 0.3 is 0 Å². The van der Waals surface area contributed by atoms with Crippen LogP contribution < -0.4 is 5.32 Å². The lowest BCUT2D eigenvalue weighted by Gasteiger charge is -2.17. The summed E-state index contributed by atoms with van der Waals surface area (Å²) >= 11 is 7.18. The van der Waals surface area contributed by atoms with Crippen molar-refractivity contribution in [3.63, 3.8) is 0 Å². The Hall–Kier alpha value is -0.810. The fourth-order valence-electron chi connectivity index (χ4n) is 1.80. The van der Waals surface area contributed by atoms with Crippen molar-refractivity contribution in [1.82, 2.24) is 9.78 Å². The largest absolute Gasteiger partial charge is 0.377 e. The van der Waals surface area contributed by atoms with Gasteiger partial charge in [0.05, 0.1) is 17.9 Å². The molecule has 0 saturated carbocycles. The van der Waals surface area contributed by atoms with Gasteiger partial charge in [-0.25, -0.2) is 0 Å². The Morgan fingerprint density at radius 2 is 1.89 bits per heavy atom. The second kappa shape index (κ2) is 5.45. The number of halogens is 2. The van der Waals surface area contributed by atoms with E-state index >= 15 is 0 Å². The summed E-state index contributed by atoms with van der Waals surface area (Å²) in [5, 5.41) is 7.68. The van der Waals surface area contributed by atoms with Gasteiger partial charge < -0.3 is 5.32 Å². The molecule has 0 bridgehead atoms. The summed E-state index contributed by atoms with van der Waals surface area (Å²) in [7, 11) is 1.92. The summed E-state index contributed by atoms with van der Waals surface area (Å²) in [6.07, 6.45) is 3.90. The van der Waals surface area contributed by atoms with Crippen LogP contribution in [0.3, 0.4) is 0 Å². The first kappa shape index (κ1) is 13.6. The highest BCUT2D eigenvalue weighted by Crippen LogP contribution is 2.34. The molecular weight excluding hydrogens is 358 g/mol. The summed E-state index contributed by atoms with van der Waals surface area (Å²) in [5.41, 5.74) is 3.45. The zero-order valence-corrected chi connectivity index (χ0v) is 13.7. The molecule has 0 radical (unpaired) electrons. The third-order valence-electron chi connectivity index (χ3n) is 2.77. The van der Waals surface area contributed by atoms with E-state index in [9.17, 15) is 0 Å². The van der Waals surface area contributed by atoms with Gasteiger partial charge in [0.2, 0.25) is 0 Å². The number of nitrogens with zero attached hydrogens (tertiary/aromatic N) is 2. The third-order valence-corrected chi connectivity index (χ3v) is 4.02. The zero-order valence-electron chi connectivity index (χ0n) is 10.5. The predicted molar refractivity (Wildman–Crippen MR) is 81.8 cm³/mol. The zero-order chi connectivity index (χ0) is 13.3. The number of aryl methyl sites for hydroxylation is 2. The van der Waals surface area contributed by atoms with Crippen molar-refractivity contribution in [2.45, 2.75) is 19.9 Å². The number of rotatable bonds is 3. The molecule has 2 rings (SSSR count). The Morgan fingerprint density at radius 1 is 1.28 bits per heavy atom. The van der Waals surface area contributed by atoms with Crippen molar-refractivity contribution in [2.24, 2.45) is 7.05 Å². The predicted octanol–water partition coefficient (Wildman–Crippen LogP) is 4.43. The van der Waals surface area contributed by atoms with Crippen LogP contribution in [-0.2, 0) is 7.05 Å². The summed E-state index contributed by atoms with van der Waals surface area (Å²) in [6.45, 7) is 4.19. The van der Waals surface area contributed by atoms with Crippen molar-refractivity contribution in [2.75, 3.05) is 5.32 Å². The Bertz CT molecular complexity index is 540. The lowest BCUT2D eigenvalue weighted by Crippen LogP contribution is -2.07. The van der Waals surface area contributed by atoms with Crippen molar-refractivity contribution >= 4 is 37.5 Å². The van der Waals surface area contributed by atoms with Gasteiger partial charge in [0, 0.05) is 27.8 Å². The maximum atomic E-state index is 4.19. The molecule has 0 fully saturated rings. The van der Waals surface area contributed by atoms with E-state index in [4.69, 9.17) is 0 Å². The van der Waals surface area contributed by atoms with Crippen molar-refractivity contribution < 1.29 is 0 Å². The molecule has 0 amide bonds. The molecule has 0 aliphatic carbocycles. The number of anilines is 1. The van der Waals surface area contributed by atoms with E-state index in [0.717, 1.165) is 20.2 Å². The number of hydrogen-bond donors (Lipinski definition) is 1. The molecule has 1 aromatic carbocycles. The van der Waals surface area contributed by atoms with Gasteiger partial charge in [0.1, 0.15) is 0 Å². The summed E-state index contributed by atoms with van der Waals surface area (Å²) in [5.74, 6) is 0. The van der Waals surface area contributed by atoms with Crippen LogP contribution in [0.2, 0.25) is 0 Å². The molecule has 1 heterocycles. The average molecular weight is 373 g/mol. The second-order valence-electron chi connectivity index (χ2n) is 4.42. The van der Waals surface area contributed by atoms with Crippen LogP contribution in [0, 0.1) is 6.92 Å². The molecule has 1 unspecified atom stereocenters. The van der Waals surface area contributed by atoms with E-state index in [2.05, 4.69) is 68.3 Å². The molecule has 96 valence electrons. The summed E-state index contributed by atoms with van der Waals surface area (Å²) in [6, 6.07) is 4.40. The van der Waals surface area contributed by atoms with E-state index in [-0.39, 0.29) is 6.04 Å². The first-order valence-electron chi connectivity index (χ1n) is 5.68. The fraction of sp³-hybridized carbons (Fsp3) is 0.308. The van der Waals surface area contributed by atoms with Crippen molar-refractivity contribution in [1.29, 1.82) is 0 Å². The molecule has 0 aliphatic heterocycles. The average Bonchev–Trinajstić information content (AvgIpc) is 2.70. The second-order valence-corrected chi connectivity index (χ2v) is 6.13. The van der Waals surface area contributed by atoms with E-state index in [1.807, 2.05) is 24.1 Å². The molecule has 0 saturated heterocycles. The highest BCUT2D eigenvalue weighted by atomic mass is 79.9. The minimum atomic E-state index is 0.203. The van der Waals surface area contributed by atoms with Crippen LogP contribution >= 0.6 is 31.9 Å². The van der Waals surface area contributed by atoms with Gasteiger partial charge in [-0.3, -0.25) is 4.68 Å². The van der Waals surface area contributed by atoms with E-state index < -0.39 is 0 Å². The molecule has 18 heavy (non-hydrogen) atoms. The van der Waals surface area contributed by atoms with E-state index in [1.54, 1.807) is 0 Å². The minimum Gasteiger partial charge on any atom is -0.377 e. The highest BCUT2D eigenvalue weighted by molar-refractivity contribution is 9.11. The van der Waals surface area contributed by atoms with Crippen molar-refractivity contribution in [3.05, 3.63) is 44.6 Å². The Labute approximate surface area is 124 Å². The molecular formula is C13H15Br2N3. The highest BCUT2D eigenvalue weighted by Gasteiger charge is 2.12. The maximum absolute atomic E-state index is 4.19. The topological polar surface area (TPSA) is 29.9 Å². The van der Waals surface area contributed by atoms with Gasteiger partial charge in [0.15, 0.2) is 0 Å². The van der Waals surface area contributed by atoms with Gasteiger partial charge in [-0.2, -0.15) is 5.10 Å². The molecule has 1 N–H and O–H groups in total. The summed E-state index contributed by atoms with van der Waals surface area (Å²) < 4.78 is 3.93. The molecule has 1 aromatic heterocycles. The smallest absolute Gasteiger partial charge is 0.0633 e. The first-order chi connectivity index (χ1) is 8.47. The number of hydrogen-bond acceptors (Lipinski definition) is 2. The van der Waals surface area contributed by atoms with Crippen LogP contribution in [-0.4, -0.2) is 9.78 Å². The van der Waals surface area contributed by atoms with Crippen LogP contribution in [0.25, 0.3) is 0 Å². The molecule has 1 atom stereocenters. The molecule has 5 heteroatoms. The van der Waals surface area contributed by atoms with Crippen molar-refractivity contribution in [3.8, 4) is 0 Å². The maximum Gasteiger partial charge on any atom is 0.0633 e. The fourth-order valence-corrected chi connectivity index (χ4v) is 3.45. The Morgan fingerprint density at radius 3 is 2.39 bits per heavy atom.